The van der Waals surface area contributed by atoms with Crippen LogP contribution in [0, 0.1) is 5.92 Å². The normalized spacial score (nSPS) is 14.5. The van der Waals surface area contributed by atoms with Crippen molar-refractivity contribution in [2.75, 3.05) is 44.9 Å². The first-order valence-corrected chi connectivity index (χ1v) is 13.5. The van der Waals surface area contributed by atoms with Gasteiger partial charge in [-0.05, 0) is 68.0 Å². The molecular formula is C28H32N4O4S. The number of nitrogens with zero attached hydrogens (tertiary/aromatic N) is 4. The molecule has 1 saturated heterocycles. The molecule has 0 radical (unpaired) electrons. The second-order valence-electron chi connectivity index (χ2n) is 9.40. The number of hydrogen-bond donors (Lipinski definition) is 1. The standard InChI is InChI=1S/C28H32N4O4S/c1-35-16-2-3-17-36-19-20-12-14-31(15-13-20)24-10-8-22(9-11-24)26-30-32-18-25(29-28(32)37-26)21-4-6-23(7-5-21)27(33)34/h4-11,18,20H,2-3,12-17,19H2,1H3,(H,33,34). The zero-order valence-electron chi connectivity index (χ0n) is 21.0. The minimum absolute atomic E-state index is 0.261. The lowest BCUT2D eigenvalue weighted by atomic mass is 9.97. The van der Waals surface area contributed by atoms with Gasteiger partial charge < -0.3 is 19.5 Å². The summed E-state index contributed by atoms with van der Waals surface area (Å²) < 4.78 is 12.8. The van der Waals surface area contributed by atoms with Crippen molar-refractivity contribution in [3.05, 3.63) is 60.3 Å². The molecule has 0 amide bonds. The van der Waals surface area contributed by atoms with Gasteiger partial charge in [0.1, 0.15) is 5.01 Å². The molecule has 1 fully saturated rings. The average Bonchev–Trinajstić information content (AvgIpc) is 3.51. The first-order chi connectivity index (χ1) is 18.1. The van der Waals surface area contributed by atoms with E-state index in [0.717, 1.165) is 85.4 Å². The van der Waals surface area contributed by atoms with Crippen molar-refractivity contribution >= 4 is 28.0 Å². The molecule has 2 aromatic carbocycles. The fraction of sp³-hybridized carbons (Fsp3) is 0.393. The number of anilines is 1. The van der Waals surface area contributed by atoms with Crippen molar-refractivity contribution in [2.45, 2.75) is 25.7 Å². The number of piperidine rings is 1. The number of rotatable bonds is 11. The Morgan fingerprint density at radius 3 is 2.41 bits per heavy atom. The molecule has 194 valence electrons. The van der Waals surface area contributed by atoms with Crippen LogP contribution in [0.1, 0.15) is 36.0 Å². The summed E-state index contributed by atoms with van der Waals surface area (Å²) in [5.74, 6) is -0.293. The molecule has 0 aliphatic carbocycles. The number of aromatic nitrogens is 3. The number of aromatic carboxylic acids is 1. The number of fused-ring (bicyclic) bond motifs is 1. The third-order valence-corrected chi connectivity index (χ3v) is 7.78. The molecule has 1 aliphatic heterocycles. The highest BCUT2D eigenvalue weighted by Gasteiger charge is 2.20. The Labute approximate surface area is 220 Å². The lowest BCUT2D eigenvalue weighted by molar-refractivity contribution is 0.0697. The molecule has 3 heterocycles. The molecule has 1 N–H and O–H groups in total. The number of carboxylic acid groups (broad SMARTS) is 1. The van der Waals surface area contributed by atoms with Crippen LogP contribution in [0.3, 0.4) is 0 Å². The van der Waals surface area contributed by atoms with Gasteiger partial charge in [0.25, 0.3) is 0 Å². The van der Waals surface area contributed by atoms with E-state index >= 15 is 0 Å². The highest BCUT2D eigenvalue weighted by atomic mass is 32.1. The molecule has 0 bridgehead atoms. The van der Waals surface area contributed by atoms with Crippen molar-refractivity contribution in [1.82, 2.24) is 14.6 Å². The van der Waals surface area contributed by atoms with Crippen LogP contribution in [0.2, 0.25) is 0 Å². The molecule has 5 rings (SSSR count). The topological polar surface area (TPSA) is 89.2 Å². The lowest BCUT2D eigenvalue weighted by Gasteiger charge is -2.33. The SMILES string of the molecule is COCCCCOCC1CCN(c2ccc(-c3nn4cc(-c5ccc(C(=O)O)cc5)nc4s3)cc2)CC1. The maximum Gasteiger partial charge on any atom is 0.335 e. The van der Waals surface area contributed by atoms with Crippen LogP contribution in [0.25, 0.3) is 26.8 Å². The van der Waals surface area contributed by atoms with Gasteiger partial charge in [-0.1, -0.05) is 23.5 Å². The first kappa shape index (κ1) is 25.4. The van der Waals surface area contributed by atoms with Crippen LogP contribution < -0.4 is 4.90 Å². The number of unbranched alkanes of at least 4 members (excludes halogenated alkanes) is 1. The maximum atomic E-state index is 11.1. The highest BCUT2D eigenvalue weighted by molar-refractivity contribution is 7.19. The summed E-state index contributed by atoms with van der Waals surface area (Å²) in [6, 6.07) is 15.4. The van der Waals surface area contributed by atoms with Crippen molar-refractivity contribution in [2.24, 2.45) is 5.92 Å². The second kappa shape index (κ2) is 11.9. The van der Waals surface area contributed by atoms with Crippen molar-refractivity contribution in [3.8, 4) is 21.8 Å². The van der Waals surface area contributed by atoms with Crippen LogP contribution in [0.15, 0.2) is 54.7 Å². The van der Waals surface area contributed by atoms with E-state index in [2.05, 4.69) is 34.1 Å². The monoisotopic (exact) mass is 520 g/mol. The van der Waals surface area contributed by atoms with Crippen LogP contribution in [-0.2, 0) is 9.47 Å². The van der Waals surface area contributed by atoms with Gasteiger partial charge in [-0.25, -0.2) is 14.3 Å². The summed E-state index contributed by atoms with van der Waals surface area (Å²) in [7, 11) is 1.74. The number of benzene rings is 2. The molecule has 8 nitrogen and oxygen atoms in total. The largest absolute Gasteiger partial charge is 0.478 e. The van der Waals surface area contributed by atoms with Gasteiger partial charge in [0.2, 0.25) is 4.96 Å². The van der Waals surface area contributed by atoms with Crippen LogP contribution in [0.4, 0.5) is 5.69 Å². The summed E-state index contributed by atoms with van der Waals surface area (Å²) >= 11 is 1.54. The van der Waals surface area contributed by atoms with Gasteiger partial charge in [0.15, 0.2) is 0 Å². The highest BCUT2D eigenvalue weighted by Crippen LogP contribution is 2.31. The molecule has 0 atom stereocenters. The molecule has 37 heavy (non-hydrogen) atoms. The second-order valence-corrected chi connectivity index (χ2v) is 10.4. The minimum atomic E-state index is -0.936. The van der Waals surface area contributed by atoms with E-state index < -0.39 is 5.97 Å². The fourth-order valence-electron chi connectivity index (χ4n) is 4.61. The Kier molecular flexibility index (Phi) is 8.13. The number of ether oxygens (including phenoxy) is 2. The van der Waals surface area contributed by atoms with Crippen molar-refractivity contribution in [3.63, 3.8) is 0 Å². The van der Waals surface area contributed by atoms with Crippen LogP contribution >= 0.6 is 11.3 Å². The number of carbonyl (C=O) groups is 1. The Hall–Kier alpha value is -3.27. The number of hydrogen-bond acceptors (Lipinski definition) is 7. The van der Waals surface area contributed by atoms with Gasteiger partial charge in [-0.15, -0.1) is 0 Å². The van der Waals surface area contributed by atoms with Gasteiger partial charge in [-0.3, -0.25) is 0 Å². The van der Waals surface area contributed by atoms with Gasteiger partial charge in [-0.2, -0.15) is 5.10 Å². The molecule has 0 spiro atoms. The van der Waals surface area contributed by atoms with Gasteiger partial charge >= 0.3 is 5.97 Å². The molecule has 2 aromatic heterocycles. The first-order valence-electron chi connectivity index (χ1n) is 12.7. The average molecular weight is 521 g/mol. The van der Waals surface area contributed by atoms with Crippen molar-refractivity contribution < 1.29 is 19.4 Å². The molecule has 1 aliphatic rings. The molecular weight excluding hydrogens is 488 g/mol. The van der Waals surface area contributed by atoms with E-state index in [1.165, 1.54) is 5.69 Å². The van der Waals surface area contributed by atoms with E-state index in [0.29, 0.717) is 5.92 Å². The summed E-state index contributed by atoms with van der Waals surface area (Å²) in [6.07, 6.45) is 6.32. The van der Waals surface area contributed by atoms with Gasteiger partial charge in [0, 0.05) is 56.8 Å². The quantitative estimate of drug-likeness (QED) is 0.262. The van der Waals surface area contributed by atoms with Crippen molar-refractivity contribution in [1.29, 1.82) is 0 Å². The number of carboxylic acids is 1. The van der Waals surface area contributed by atoms with E-state index in [9.17, 15) is 4.79 Å². The van der Waals surface area contributed by atoms with E-state index in [1.807, 2.05) is 6.20 Å². The Balaban J connectivity index is 1.15. The number of imidazole rings is 1. The Morgan fingerprint density at radius 2 is 1.73 bits per heavy atom. The summed E-state index contributed by atoms with van der Waals surface area (Å²) in [5, 5.41) is 14.7. The van der Waals surface area contributed by atoms with E-state index in [-0.39, 0.29) is 5.56 Å². The van der Waals surface area contributed by atoms with Crippen LogP contribution in [0.5, 0.6) is 0 Å². The smallest absolute Gasteiger partial charge is 0.335 e. The summed E-state index contributed by atoms with van der Waals surface area (Å²) in [4.78, 5) is 19.0. The minimum Gasteiger partial charge on any atom is -0.478 e. The molecule has 0 unspecified atom stereocenters. The summed E-state index contributed by atoms with van der Waals surface area (Å²) in [6.45, 7) is 4.61. The Bertz CT molecular complexity index is 1280. The van der Waals surface area contributed by atoms with E-state index in [4.69, 9.17) is 19.7 Å². The molecule has 4 aromatic rings. The zero-order chi connectivity index (χ0) is 25.6. The van der Waals surface area contributed by atoms with Gasteiger partial charge in [0.05, 0.1) is 17.5 Å². The molecule has 0 saturated carbocycles. The zero-order valence-corrected chi connectivity index (χ0v) is 21.8. The predicted octanol–water partition coefficient (Wildman–Crippen LogP) is 5.48. The molecule has 9 heteroatoms. The lowest BCUT2D eigenvalue weighted by Crippen LogP contribution is -2.35. The Morgan fingerprint density at radius 1 is 1.03 bits per heavy atom. The third-order valence-electron chi connectivity index (χ3n) is 6.81. The third kappa shape index (κ3) is 6.18. The number of methoxy groups -OCH3 is 1. The van der Waals surface area contributed by atoms with Crippen LogP contribution in [-0.4, -0.2) is 65.7 Å². The summed E-state index contributed by atoms with van der Waals surface area (Å²) in [5.41, 5.74) is 4.22. The predicted molar refractivity (Wildman–Crippen MR) is 146 cm³/mol. The maximum absolute atomic E-state index is 11.1. The van der Waals surface area contributed by atoms with E-state index in [1.54, 1.807) is 47.2 Å². The fourth-order valence-corrected chi connectivity index (χ4v) is 5.50.